The van der Waals surface area contributed by atoms with E-state index in [-0.39, 0.29) is 0 Å². The number of fused-ring (bicyclic) bond motifs is 4. The van der Waals surface area contributed by atoms with Crippen LogP contribution in [-0.2, 0) is 7.05 Å². The second-order valence-electron chi connectivity index (χ2n) is 6.37. The fourth-order valence-electron chi connectivity index (χ4n) is 3.72. The minimum atomic E-state index is 1.27. The van der Waals surface area contributed by atoms with Crippen molar-refractivity contribution in [3.05, 3.63) is 84.9 Å². The van der Waals surface area contributed by atoms with Gasteiger partial charge < -0.3 is 4.57 Å². The van der Waals surface area contributed by atoms with Crippen LogP contribution in [0.3, 0.4) is 0 Å². The number of aryl methyl sites for hydroxylation is 1. The molecular formula is C23H17N. The van der Waals surface area contributed by atoms with Gasteiger partial charge in [0.2, 0.25) is 0 Å². The largest absolute Gasteiger partial charge is 0.344 e. The van der Waals surface area contributed by atoms with Crippen molar-refractivity contribution in [3.63, 3.8) is 0 Å². The molecule has 24 heavy (non-hydrogen) atoms. The first-order valence-electron chi connectivity index (χ1n) is 8.28. The first kappa shape index (κ1) is 13.4. The number of para-hydroxylation sites is 1. The highest BCUT2D eigenvalue weighted by molar-refractivity contribution is 6.09. The maximum Gasteiger partial charge on any atom is 0.0489 e. The summed E-state index contributed by atoms with van der Waals surface area (Å²) in [5, 5.41) is 5.21. The Morgan fingerprint density at radius 3 is 2.12 bits per heavy atom. The maximum atomic E-state index is 2.32. The normalized spacial score (nSPS) is 11.5. The Labute approximate surface area is 140 Å². The van der Waals surface area contributed by atoms with Gasteiger partial charge in [-0.3, -0.25) is 0 Å². The van der Waals surface area contributed by atoms with Crippen molar-refractivity contribution in [3.8, 4) is 11.1 Å². The maximum absolute atomic E-state index is 2.32. The zero-order chi connectivity index (χ0) is 16.1. The second kappa shape index (κ2) is 4.97. The fourth-order valence-corrected chi connectivity index (χ4v) is 3.72. The van der Waals surface area contributed by atoms with Gasteiger partial charge in [0.25, 0.3) is 0 Å². The molecule has 1 aromatic heterocycles. The molecule has 5 rings (SSSR count). The molecule has 0 N–H and O–H groups in total. The van der Waals surface area contributed by atoms with Crippen molar-refractivity contribution in [2.75, 3.05) is 0 Å². The molecule has 0 unspecified atom stereocenters. The predicted octanol–water partition coefficient (Wildman–Crippen LogP) is 6.15. The molecule has 1 heteroatoms. The molecule has 0 atom stereocenters. The lowest BCUT2D eigenvalue weighted by atomic mass is 9.99. The number of aromatic nitrogens is 1. The zero-order valence-corrected chi connectivity index (χ0v) is 13.5. The Hall–Kier alpha value is -3.06. The predicted molar refractivity (Wildman–Crippen MR) is 103 cm³/mol. The van der Waals surface area contributed by atoms with Gasteiger partial charge in [0.1, 0.15) is 0 Å². The molecule has 0 aliphatic heterocycles. The minimum absolute atomic E-state index is 1.27. The summed E-state index contributed by atoms with van der Waals surface area (Å²) in [5.41, 5.74) is 5.09. The average molecular weight is 307 g/mol. The molecule has 0 saturated heterocycles. The highest BCUT2D eigenvalue weighted by Crippen LogP contribution is 2.32. The first-order chi connectivity index (χ1) is 11.8. The van der Waals surface area contributed by atoms with Gasteiger partial charge in [0.05, 0.1) is 0 Å². The standard InChI is InChI=1S/C23H17N/c1-24-22-9-5-4-8-20(22)21-15-19(12-13-23(21)24)18-11-10-16-6-2-3-7-17(16)14-18/h2-15H,1H3. The van der Waals surface area contributed by atoms with Crippen molar-refractivity contribution >= 4 is 32.6 Å². The number of hydrogen-bond donors (Lipinski definition) is 0. The van der Waals surface area contributed by atoms with Gasteiger partial charge in [-0.1, -0.05) is 60.7 Å². The molecule has 5 aromatic rings. The van der Waals surface area contributed by atoms with Crippen molar-refractivity contribution in [2.24, 2.45) is 7.05 Å². The third-order valence-corrected chi connectivity index (χ3v) is 5.00. The van der Waals surface area contributed by atoms with Gasteiger partial charge >= 0.3 is 0 Å². The molecule has 0 amide bonds. The van der Waals surface area contributed by atoms with Crippen LogP contribution in [0.25, 0.3) is 43.7 Å². The van der Waals surface area contributed by atoms with Crippen LogP contribution >= 0.6 is 0 Å². The van der Waals surface area contributed by atoms with Crippen molar-refractivity contribution in [1.82, 2.24) is 4.57 Å². The third-order valence-electron chi connectivity index (χ3n) is 5.00. The number of hydrogen-bond acceptors (Lipinski definition) is 0. The van der Waals surface area contributed by atoms with Crippen LogP contribution in [0.2, 0.25) is 0 Å². The van der Waals surface area contributed by atoms with Crippen molar-refractivity contribution in [1.29, 1.82) is 0 Å². The summed E-state index contributed by atoms with van der Waals surface area (Å²) in [5.74, 6) is 0. The number of nitrogens with zero attached hydrogens (tertiary/aromatic N) is 1. The zero-order valence-electron chi connectivity index (χ0n) is 13.5. The molecule has 0 aliphatic carbocycles. The summed E-state index contributed by atoms with van der Waals surface area (Å²) in [6.07, 6.45) is 0. The van der Waals surface area contributed by atoms with E-state index < -0.39 is 0 Å². The average Bonchev–Trinajstić information content (AvgIpc) is 2.94. The molecule has 0 bridgehead atoms. The molecule has 1 nitrogen and oxygen atoms in total. The lowest BCUT2D eigenvalue weighted by molar-refractivity contribution is 1.01. The third kappa shape index (κ3) is 1.88. The lowest BCUT2D eigenvalue weighted by Crippen LogP contribution is -1.86. The Balaban J connectivity index is 1.78. The molecule has 0 aliphatic rings. The van der Waals surface area contributed by atoms with E-state index in [4.69, 9.17) is 0 Å². The molecule has 0 fully saturated rings. The van der Waals surface area contributed by atoms with E-state index in [0.717, 1.165) is 0 Å². The highest BCUT2D eigenvalue weighted by Gasteiger charge is 2.09. The molecule has 0 saturated carbocycles. The van der Waals surface area contributed by atoms with Crippen LogP contribution in [0.1, 0.15) is 0 Å². The van der Waals surface area contributed by atoms with E-state index >= 15 is 0 Å². The van der Waals surface area contributed by atoms with Gasteiger partial charge in [-0.15, -0.1) is 0 Å². The molecule has 1 heterocycles. The van der Waals surface area contributed by atoms with E-state index in [1.54, 1.807) is 0 Å². The molecule has 0 radical (unpaired) electrons. The van der Waals surface area contributed by atoms with E-state index in [0.29, 0.717) is 0 Å². The van der Waals surface area contributed by atoms with Crippen LogP contribution in [-0.4, -0.2) is 4.57 Å². The number of benzene rings is 4. The number of rotatable bonds is 1. The van der Waals surface area contributed by atoms with Gasteiger partial charge in [-0.25, -0.2) is 0 Å². The second-order valence-corrected chi connectivity index (χ2v) is 6.37. The van der Waals surface area contributed by atoms with Crippen molar-refractivity contribution in [2.45, 2.75) is 0 Å². The van der Waals surface area contributed by atoms with Gasteiger partial charge in [0, 0.05) is 28.9 Å². The van der Waals surface area contributed by atoms with Crippen LogP contribution < -0.4 is 0 Å². The van der Waals surface area contributed by atoms with E-state index in [1.165, 1.54) is 43.7 Å². The Morgan fingerprint density at radius 1 is 0.542 bits per heavy atom. The van der Waals surface area contributed by atoms with E-state index in [2.05, 4.69) is 96.5 Å². The molecular weight excluding hydrogens is 290 g/mol. The van der Waals surface area contributed by atoms with E-state index in [9.17, 15) is 0 Å². The highest BCUT2D eigenvalue weighted by atomic mass is 14.9. The summed E-state index contributed by atoms with van der Waals surface area (Å²) >= 11 is 0. The van der Waals surface area contributed by atoms with Crippen LogP contribution in [0.15, 0.2) is 84.9 Å². The van der Waals surface area contributed by atoms with Gasteiger partial charge in [-0.2, -0.15) is 0 Å². The van der Waals surface area contributed by atoms with Crippen LogP contribution in [0.5, 0.6) is 0 Å². The Bertz CT molecular complexity index is 1210. The Kier molecular flexibility index (Phi) is 2.77. The van der Waals surface area contributed by atoms with Gasteiger partial charge in [0.15, 0.2) is 0 Å². The smallest absolute Gasteiger partial charge is 0.0489 e. The Morgan fingerprint density at radius 2 is 1.21 bits per heavy atom. The van der Waals surface area contributed by atoms with Crippen LogP contribution in [0.4, 0.5) is 0 Å². The molecule has 0 spiro atoms. The van der Waals surface area contributed by atoms with Crippen LogP contribution in [0, 0.1) is 0 Å². The summed E-state index contributed by atoms with van der Waals surface area (Å²) in [6, 6.07) is 30.6. The lowest BCUT2D eigenvalue weighted by Gasteiger charge is -2.05. The summed E-state index contributed by atoms with van der Waals surface area (Å²) in [6.45, 7) is 0. The van der Waals surface area contributed by atoms with Crippen molar-refractivity contribution < 1.29 is 0 Å². The molecule has 114 valence electrons. The first-order valence-corrected chi connectivity index (χ1v) is 8.28. The summed E-state index contributed by atoms with van der Waals surface area (Å²) in [7, 11) is 2.14. The summed E-state index contributed by atoms with van der Waals surface area (Å²) < 4.78 is 2.27. The van der Waals surface area contributed by atoms with E-state index in [1.807, 2.05) is 0 Å². The SMILES string of the molecule is Cn1c2ccccc2c2cc(-c3ccc4ccccc4c3)ccc21. The minimum Gasteiger partial charge on any atom is -0.344 e. The fraction of sp³-hybridized carbons (Fsp3) is 0.0435. The molecule has 4 aromatic carbocycles. The monoisotopic (exact) mass is 307 g/mol. The summed E-state index contributed by atoms with van der Waals surface area (Å²) in [4.78, 5) is 0. The quantitative estimate of drug-likeness (QED) is 0.350. The topological polar surface area (TPSA) is 4.93 Å². The van der Waals surface area contributed by atoms with Gasteiger partial charge in [-0.05, 0) is 46.2 Å².